The summed E-state index contributed by atoms with van der Waals surface area (Å²) in [5, 5.41) is 3.24. The lowest BCUT2D eigenvalue weighted by atomic mass is 9.97. The first-order chi connectivity index (χ1) is 6.00. The number of hydrogen-bond acceptors (Lipinski definition) is 3. The molecule has 3 heteroatoms. The molecule has 0 spiro atoms. The van der Waals surface area contributed by atoms with Gasteiger partial charge in [0.25, 0.3) is 0 Å². The summed E-state index contributed by atoms with van der Waals surface area (Å²) in [6, 6.07) is 0. The van der Waals surface area contributed by atoms with Crippen molar-refractivity contribution in [3.8, 4) is 0 Å². The lowest BCUT2D eigenvalue weighted by Crippen LogP contribution is -2.26. The molecular weight excluding hydrogens is 166 g/mol. The van der Waals surface area contributed by atoms with Gasteiger partial charge >= 0.3 is 5.97 Å². The summed E-state index contributed by atoms with van der Waals surface area (Å²) < 4.78 is 5.21. The van der Waals surface area contributed by atoms with Gasteiger partial charge in [0.2, 0.25) is 0 Å². The van der Waals surface area contributed by atoms with E-state index in [2.05, 4.69) is 5.32 Å². The first-order valence-corrected chi connectivity index (χ1v) is 4.88. The molecule has 0 aromatic heterocycles. The number of esters is 1. The van der Waals surface area contributed by atoms with Crippen molar-refractivity contribution in [2.75, 3.05) is 19.7 Å². The monoisotopic (exact) mass is 185 g/mol. The Labute approximate surface area is 79.8 Å². The van der Waals surface area contributed by atoms with E-state index in [0.29, 0.717) is 12.5 Å². The van der Waals surface area contributed by atoms with Crippen molar-refractivity contribution in [3.05, 3.63) is 0 Å². The van der Waals surface area contributed by atoms with E-state index in [4.69, 9.17) is 4.74 Å². The molecule has 0 aromatic rings. The smallest absolute Gasteiger partial charge is 0.311 e. The molecule has 1 aliphatic rings. The predicted octanol–water partition coefficient (Wildman–Crippen LogP) is 1.19. The molecule has 1 heterocycles. The van der Waals surface area contributed by atoms with E-state index in [1.165, 1.54) is 0 Å². The molecule has 1 fully saturated rings. The van der Waals surface area contributed by atoms with Crippen LogP contribution in [-0.4, -0.2) is 25.7 Å². The average molecular weight is 185 g/mol. The fourth-order valence-electron chi connectivity index (χ4n) is 1.27. The summed E-state index contributed by atoms with van der Waals surface area (Å²) in [7, 11) is 0. The fourth-order valence-corrected chi connectivity index (χ4v) is 1.27. The fraction of sp³-hybridized carbons (Fsp3) is 0.900. The van der Waals surface area contributed by atoms with E-state index in [1.807, 2.05) is 20.8 Å². The second-order valence-electron chi connectivity index (χ2n) is 4.71. The van der Waals surface area contributed by atoms with Gasteiger partial charge in [-0.1, -0.05) is 0 Å². The first kappa shape index (κ1) is 10.5. The average Bonchev–Trinajstić information content (AvgIpc) is 2.50. The van der Waals surface area contributed by atoms with Crippen LogP contribution in [0, 0.1) is 11.3 Å². The Hall–Kier alpha value is -0.570. The molecule has 0 amide bonds. The number of ether oxygens (including phenoxy) is 1. The normalized spacial score (nSPS) is 23.2. The standard InChI is InChI=1S/C10H19NO2/c1-10(2,3)9(12)13-7-8-4-5-11-6-8/h8,11H,4-7H2,1-3H3/t8-/m0/s1. The number of hydrogen-bond donors (Lipinski definition) is 1. The Morgan fingerprint density at radius 3 is 2.69 bits per heavy atom. The Bertz CT molecular complexity index is 178. The van der Waals surface area contributed by atoms with Crippen LogP contribution in [0.3, 0.4) is 0 Å². The molecular formula is C10H19NO2. The molecule has 1 saturated heterocycles. The Kier molecular flexibility index (Phi) is 3.31. The van der Waals surface area contributed by atoms with E-state index in [9.17, 15) is 4.79 Å². The summed E-state index contributed by atoms with van der Waals surface area (Å²) in [4.78, 5) is 11.4. The zero-order chi connectivity index (χ0) is 9.90. The number of rotatable bonds is 2. The van der Waals surface area contributed by atoms with Gasteiger partial charge in [-0.25, -0.2) is 0 Å². The third-order valence-electron chi connectivity index (χ3n) is 2.22. The van der Waals surface area contributed by atoms with Gasteiger partial charge in [-0.05, 0) is 33.7 Å². The predicted molar refractivity (Wildman–Crippen MR) is 51.4 cm³/mol. The minimum Gasteiger partial charge on any atom is -0.465 e. The molecule has 3 nitrogen and oxygen atoms in total. The molecule has 1 aliphatic heterocycles. The molecule has 0 unspecified atom stereocenters. The van der Waals surface area contributed by atoms with Crippen LogP contribution >= 0.6 is 0 Å². The Morgan fingerprint density at radius 1 is 1.54 bits per heavy atom. The second-order valence-corrected chi connectivity index (χ2v) is 4.71. The van der Waals surface area contributed by atoms with Gasteiger partial charge in [-0.3, -0.25) is 4.79 Å². The van der Waals surface area contributed by atoms with Crippen molar-refractivity contribution >= 4 is 5.97 Å². The molecule has 0 aliphatic carbocycles. The molecule has 76 valence electrons. The minimum absolute atomic E-state index is 0.0978. The summed E-state index contributed by atoms with van der Waals surface area (Å²) in [5.74, 6) is 0.422. The highest BCUT2D eigenvalue weighted by molar-refractivity contribution is 5.75. The number of carbonyl (C=O) groups is 1. The molecule has 1 N–H and O–H groups in total. The minimum atomic E-state index is -0.369. The first-order valence-electron chi connectivity index (χ1n) is 4.88. The van der Waals surface area contributed by atoms with Gasteiger partial charge in [0, 0.05) is 12.5 Å². The van der Waals surface area contributed by atoms with Gasteiger partial charge in [0.15, 0.2) is 0 Å². The summed E-state index contributed by atoms with van der Waals surface area (Å²) >= 11 is 0. The van der Waals surface area contributed by atoms with Crippen molar-refractivity contribution in [1.29, 1.82) is 0 Å². The molecule has 0 saturated carbocycles. The van der Waals surface area contributed by atoms with Crippen LogP contribution < -0.4 is 5.32 Å². The van der Waals surface area contributed by atoms with Crippen molar-refractivity contribution in [2.24, 2.45) is 11.3 Å². The highest BCUT2D eigenvalue weighted by atomic mass is 16.5. The van der Waals surface area contributed by atoms with Gasteiger partial charge < -0.3 is 10.1 Å². The maximum absolute atomic E-state index is 11.4. The van der Waals surface area contributed by atoms with Crippen molar-refractivity contribution in [2.45, 2.75) is 27.2 Å². The Morgan fingerprint density at radius 2 is 2.23 bits per heavy atom. The summed E-state index contributed by atoms with van der Waals surface area (Å²) in [6.07, 6.45) is 1.12. The zero-order valence-electron chi connectivity index (χ0n) is 8.72. The van der Waals surface area contributed by atoms with E-state index in [-0.39, 0.29) is 11.4 Å². The van der Waals surface area contributed by atoms with Crippen LogP contribution in [0.4, 0.5) is 0 Å². The maximum atomic E-state index is 11.4. The highest BCUT2D eigenvalue weighted by Gasteiger charge is 2.24. The maximum Gasteiger partial charge on any atom is 0.311 e. The van der Waals surface area contributed by atoms with E-state index >= 15 is 0 Å². The molecule has 0 bridgehead atoms. The number of nitrogens with one attached hydrogen (secondary N) is 1. The SMILES string of the molecule is CC(C)(C)C(=O)OC[C@H]1CCNC1. The van der Waals surface area contributed by atoms with E-state index < -0.39 is 0 Å². The molecule has 0 radical (unpaired) electrons. The third-order valence-corrected chi connectivity index (χ3v) is 2.22. The van der Waals surface area contributed by atoms with Crippen LogP contribution in [0.1, 0.15) is 27.2 Å². The zero-order valence-corrected chi connectivity index (χ0v) is 8.72. The molecule has 1 atom stereocenters. The van der Waals surface area contributed by atoms with Crippen LogP contribution in [-0.2, 0) is 9.53 Å². The summed E-state index contributed by atoms with van der Waals surface area (Å²) in [5.41, 5.74) is -0.369. The molecule has 1 rings (SSSR count). The van der Waals surface area contributed by atoms with Gasteiger partial charge in [0.1, 0.15) is 0 Å². The van der Waals surface area contributed by atoms with Crippen LogP contribution in [0.15, 0.2) is 0 Å². The van der Waals surface area contributed by atoms with Crippen LogP contribution in [0.5, 0.6) is 0 Å². The second kappa shape index (κ2) is 4.09. The molecule has 13 heavy (non-hydrogen) atoms. The van der Waals surface area contributed by atoms with E-state index in [1.54, 1.807) is 0 Å². The summed E-state index contributed by atoms with van der Waals surface area (Å²) in [6.45, 7) is 8.24. The van der Waals surface area contributed by atoms with Crippen LogP contribution in [0.2, 0.25) is 0 Å². The quantitative estimate of drug-likeness (QED) is 0.657. The largest absolute Gasteiger partial charge is 0.465 e. The van der Waals surface area contributed by atoms with Crippen LogP contribution in [0.25, 0.3) is 0 Å². The van der Waals surface area contributed by atoms with E-state index in [0.717, 1.165) is 19.5 Å². The Balaban J connectivity index is 2.22. The van der Waals surface area contributed by atoms with Gasteiger partial charge in [-0.15, -0.1) is 0 Å². The lowest BCUT2D eigenvalue weighted by Gasteiger charge is -2.18. The van der Waals surface area contributed by atoms with Crippen molar-refractivity contribution in [3.63, 3.8) is 0 Å². The lowest BCUT2D eigenvalue weighted by molar-refractivity contribution is -0.154. The third kappa shape index (κ3) is 3.35. The molecule has 0 aromatic carbocycles. The highest BCUT2D eigenvalue weighted by Crippen LogP contribution is 2.16. The van der Waals surface area contributed by atoms with Crippen molar-refractivity contribution < 1.29 is 9.53 Å². The van der Waals surface area contributed by atoms with Gasteiger partial charge in [0.05, 0.1) is 12.0 Å². The topological polar surface area (TPSA) is 38.3 Å². The number of carbonyl (C=O) groups excluding carboxylic acids is 1. The van der Waals surface area contributed by atoms with Crippen molar-refractivity contribution in [1.82, 2.24) is 5.32 Å². The van der Waals surface area contributed by atoms with Gasteiger partial charge in [-0.2, -0.15) is 0 Å².